The third-order valence-corrected chi connectivity index (χ3v) is 9.06. The zero-order valence-corrected chi connectivity index (χ0v) is 19.6. The molecule has 0 bridgehead atoms. The van der Waals surface area contributed by atoms with E-state index in [9.17, 15) is 10.1 Å². The monoisotopic (exact) mass is 462 g/mol. The van der Waals surface area contributed by atoms with Crippen molar-refractivity contribution >= 4 is 40.7 Å². The number of esters is 1. The zero-order valence-electron chi connectivity index (χ0n) is 18.7. The molecule has 0 spiro atoms. The highest BCUT2D eigenvalue weighted by Crippen LogP contribution is 2.49. The Bertz CT molecular complexity index is 1300. The molecule has 4 nitrogen and oxygen atoms in total. The third kappa shape index (κ3) is 4.76. The lowest BCUT2D eigenvalue weighted by atomic mass is 10.1. The van der Waals surface area contributed by atoms with Crippen LogP contribution in [-0.4, -0.2) is 13.1 Å². The smallest absolute Gasteiger partial charge is 0.330 e. The van der Waals surface area contributed by atoms with Crippen molar-refractivity contribution in [3.05, 3.63) is 126 Å². The molecule has 0 radical (unpaired) electrons. The summed E-state index contributed by atoms with van der Waals surface area (Å²) in [5.41, 5.74) is 1.87. The van der Waals surface area contributed by atoms with Gasteiger partial charge in [-0.15, -0.1) is 0 Å². The topological polar surface area (TPSA) is 62.5 Å². The van der Waals surface area contributed by atoms with E-state index < -0.39 is 13.0 Å². The quantitative estimate of drug-likeness (QED) is 0.214. The molecule has 0 N–H and O–H groups in total. The molecule has 0 aromatic heterocycles. The Labute approximate surface area is 199 Å². The van der Waals surface area contributed by atoms with Crippen molar-refractivity contribution in [1.29, 1.82) is 5.26 Å². The molecule has 0 aliphatic carbocycles. The zero-order chi connectivity index (χ0) is 23.8. The van der Waals surface area contributed by atoms with Crippen molar-refractivity contribution in [3.8, 4) is 6.07 Å². The van der Waals surface area contributed by atoms with Crippen molar-refractivity contribution in [1.82, 2.24) is 0 Å². The first-order valence-electron chi connectivity index (χ1n) is 10.8. The maximum absolute atomic E-state index is 11.8. The lowest BCUT2D eigenvalue weighted by molar-refractivity contribution is -0.134. The summed E-state index contributed by atoms with van der Waals surface area (Å²) in [7, 11) is -1.15. The number of hydrogen-bond acceptors (Lipinski definition) is 4. The van der Waals surface area contributed by atoms with E-state index >= 15 is 0 Å². The predicted molar refractivity (Wildman–Crippen MR) is 139 cm³/mol. The fourth-order valence-corrected chi connectivity index (χ4v) is 7.34. The largest absolute Gasteiger partial charge is 0.466 e. The highest BCUT2D eigenvalue weighted by Gasteiger charge is 2.27. The first-order chi connectivity index (χ1) is 16.7. The van der Waals surface area contributed by atoms with E-state index in [1.807, 2.05) is 60.7 Å². The van der Waals surface area contributed by atoms with Gasteiger partial charge in [-0.05, 0) is 24.3 Å². The molecule has 4 rings (SSSR count). The molecular weight excluding hydrogens is 439 g/mol. The Morgan fingerprint density at radius 2 is 1.32 bits per heavy atom. The molecule has 4 aromatic rings. The van der Waals surface area contributed by atoms with Gasteiger partial charge in [0.15, 0.2) is 0 Å². The number of nitrogens with zero attached hydrogens (tertiary/aromatic N) is 2. The summed E-state index contributed by atoms with van der Waals surface area (Å²) in [6.07, 6.45) is 3.00. The number of carbonyl (C=O) groups is 1. The Balaban J connectivity index is 2.11. The van der Waals surface area contributed by atoms with Crippen LogP contribution in [-0.2, 0) is 9.53 Å². The Kier molecular flexibility index (Phi) is 7.18. The number of nitriles is 1. The average molecular weight is 462 g/mol. The molecule has 0 amide bonds. The molecule has 34 heavy (non-hydrogen) atoms. The number of carbonyl (C=O) groups excluding carboxylic acids is 1. The summed E-state index contributed by atoms with van der Waals surface area (Å²) in [6.45, 7) is 0. The van der Waals surface area contributed by atoms with Crippen LogP contribution in [0.2, 0.25) is 0 Å². The normalized spacial score (nSPS) is 11.1. The number of ether oxygens (including phenoxy) is 1. The van der Waals surface area contributed by atoms with E-state index in [0.29, 0.717) is 16.8 Å². The van der Waals surface area contributed by atoms with Gasteiger partial charge in [0.05, 0.1) is 31.5 Å². The standard InChI is InChI=1S/C29H23N2O2P/c1-33-29(32)20-18-24-21-23(22-30)17-19-28(24)31-34(25-11-5-2-6-12-25,26-13-7-3-8-14-26)27-15-9-4-10-16-27/h2-21H,1H3. The lowest BCUT2D eigenvalue weighted by Gasteiger charge is -2.27. The first-order valence-corrected chi connectivity index (χ1v) is 12.5. The van der Waals surface area contributed by atoms with Crippen LogP contribution in [0, 0.1) is 11.3 Å². The lowest BCUT2D eigenvalue weighted by Crippen LogP contribution is -2.25. The number of methoxy groups -OCH3 is 1. The van der Waals surface area contributed by atoms with Gasteiger partial charge in [0.1, 0.15) is 0 Å². The molecule has 0 atom stereocenters. The number of benzene rings is 4. The van der Waals surface area contributed by atoms with Crippen LogP contribution in [0.25, 0.3) is 6.08 Å². The first kappa shape index (κ1) is 23.0. The van der Waals surface area contributed by atoms with Gasteiger partial charge in [-0.2, -0.15) is 5.26 Å². The van der Waals surface area contributed by atoms with Gasteiger partial charge in [0.25, 0.3) is 0 Å². The van der Waals surface area contributed by atoms with E-state index in [4.69, 9.17) is 9.48 Å². The Morgan fingerprint density at radius 3 is 1.76 bits per heavy atom. The minimum atomic E-state index is -2.49. The second kappa shape index (κ2) is 10.6. The van der Waals surface area contributed by atoms with Crippen LogP contribution in [0.1, 0.15) is 11.1 Å². The maximum Gasteiger partial charge on any atom is 0.330 e. The van der Waals surface area contributed by atoms with Crippen LogP contribution in [0.4, 0.5) is 5.69 Å². The second-order valence-electron chi connectivity index (χ2n) is 7.48. The molecule has 166 valence electrons. The van der Waals surface area contributed by atoms with Crippen LogP contribution in [0.15, 0.2) is 120 Å². The van der Waals surface area contributed by atoms with E-state index in [-0.39, 0.29) is 0 Å². The molecule has 0 aliphatic heterocycles. The molecule has 0 saturated carbocycles. The van der Waals surface area contributed by atoms with Gasteiger partial charge < -0.3 is 4.74 Å². The highest BCUT2D eigenvalue weighted by atomic mass is 31.2. The van der Waals surface area contributed by atoms with Crippen molar-refractivity contribution in [2.45, 2.75) is 0 Å². The summed E-state index contributed by atoms with van der Waals surface area (Å²) >= 11 is 0. The van der Waals surface area contributed by atoms with Gasteiger partial charge in [0, 0.05) is 27.6 Å². The second-order valence-corrected chi connectivity index (χ2v) is 10.5. The molecular formula is C29H23N2O2P. The van der Waals surface area contributed by atoms with Crippen LogP contribution in [0.3, 0.4) is 0 Å². The third-order valence-electron chi connectivity index (χ3n) is 5.40. The molecule has 4 aromatic carbocycles. The van der Waals surface area contributed by atoms with Crippen molar-refractivity contribution < 1.29 is 9.53 Å². The maximum atomic E-state index is 11.8. The molecule has 0 saturated heterocycles. The predicted octanol–water partition coefficient (Wildman–Crippen LogP) is 5.55. The van der Waals surface area contributed by atoms with Crippen molar-refractivity contribution in [3.63, 3.8) is 0 Å². The van der Waals surface area contributed by atoms with Crippen molar-refractivity contribution in [2.24, 2.45) is 4.74 Å². The van der Waals surface area contributed by atoms with E-state index in [1.54, 1.807) is 18.2 Å². The fourth-order valence-electron chi connectivity index (χ4n) is 3.79. The summed E-state index contributed by atoms with van der Waals surface area (Å²) < 4.78 is 10.2. The van der Waals surface area contributed by atoms with Gasteiger partial charge in [-0.1, -0.05) is 91.0 Å². The highest BCUT2D eigenvalue weighted by molar-refractivity contribution is 7.87. The molecule has 0 aliphatic rings. The van der Waals surface area contributed by atoms with Crippen LogP contribution in [0.5, 0.6) is 0 Å². The minimum Gasteiger partial charge on any atom is -0.466 e. The van der Waals surface area contributed by atoms with Gasteiger partial charge in [-0.3, -0.25) is 4.74 Å². The molecule has 0 heterocycles. The number of rotatable bonds is 6. The summed E-state index contributed by atoms with van der Waals surface area (Å²) in [6, 6.07) is 38.4. The van der Waals surface area contributed by atoms with Crippen LogP contribution < -0.4 is 15.9 Å². The minimum absolute atomic E-state index is 0.469. The summed E-state index contributed by atoms with van der Waals surface area (Å²) in [4.78, 5) is 11.8. The molecule has 5 heteroatoms. The SMILES string of the molecule is COC(=O)C=Cc1cc(C#N)ccc1N=P(c1ccccc1)(c1ccccc1)c1ccccc1. The van der Waals surface area contributed by atoms with Crippen LogP contribution >= 0.6 is 7.05 Å². The average Bonchev–Trinajstić information content (AvgIpc) is 2.92. The van der Waals surface area contributed by atoms with E-state index in [1.165, 1.54) is 13.2 Å². The summed E-state index contributed by atoms with van der Waals surface area (Å²) in [5, 5.41) is 12.8. The fraction of sp³-hybridized carbons (Fsp3) is 0.0345. The van der Waals surface area contributed by atoms with E-state index in [2.05, 4.69) is 42.5 Å². The van der Waals surface area contributed by atoms with Gasteiger partial charge in [-0.25, -0.2) is 4.79 Å². The molecule has 0 fully saturated rings. The Hall–Kier alpha value is -4.19. The number of hydrogen-bond donors (Lipinski definition) is 0. The molecule has 0 unspecified atom stereocenters. The summed E-state index contributed by atoms with van der Waals surface area (Å²) in [5.74, 6) is -0.469. The Morgan fingerprint density at radius 1 is 0.824 bits per heavy atom. The van der Waals surface area contributed by atoms with Crippen molar-refractivity contribution in [2.75, 3.05) is 7.11 Å². The van der Waals surface area contributed by atoms with E-state index in [0.717, 1.165) is 15.9 Å². The van der Waals surface area contributed by atoms with Gasteiger partial charge >= 0.3 is 5.97 Å². The van der Waals surface area contributed by atoms with Gasteiger partial charge in [0.2, 0.25) is 0 Å².